The van der Waals surface area contributed by atoms with Crippen LogP contribution >= 0.6 is 0 Å². The standard InChI is InChI=1S/C18H33N9O7/c1-8(14(30)27-11(17(33)34)4-5-12(20)28)25-16(32)10(3-2-6-24-18(22)23)26-15(31)9(19)7-13(21)29/h8-11H,2-7,19H2,1H3,(H2,20,28)(H2,21,29)(H,25,32)(H,26,31)(H,27,30)(H,33,34)(H4,22,23,24). The summed E-state index contributed by atoms with van der Waals surface area (Å²) in [6, 6.07) is -5.09. The molecule has 0 aliphatic rings. The van der Waals surface area contributed by atoms with Crippen LogP contribution in [0, 0.1) is 0 Å². The van der Waals surface area contributed by atoms with E-state index in [1.807, 2.05) is 0 Å². The Morgan fingerprint density at radius 1 is 0.824 bits per heavy atom. The molecule has 0 rings (SSSR count). The van der Waals surface area contributed by atoms with E-state index in [4.69, 9.17) is 28.7 Å². The largest absolute Gasteiger partial charge is 0.480 e. The Bertz CT molecular complexity index is 799. The number of rotatable bonds is 16. The molecule has 192 valence electrons. The summed E-state index contributed by atoms with van der Waals surface area (Å²) in [5, 5.41) is 16.1. The minimum absolute atomic E-state index is 0.0440. The predicted octanol–water partition coefficient (Wildman–Crippen LogP) is -4.93. The average Bonchev–Trinajstić information content (AvgIpc) is 2.71. The number of carboxylic acids is 1. The van der Waals surface area contributed by atoms with E-state index >= 15 is 0 Å². The minimum atomic E-state index is -1.40. The first-order valence-electron chi connectivity index (χ1n) is 10.3. The lowest BCUT2D eigenvalue weighted by atomic mass is 10.1. The zero-order valence-corrected chi connectivity index (χ0v) is 18.8. The van der Waals surface area contributed by atoms with Crippen molar-refractivity contribution < 1.29 is 33.9 Å². The summed E-state index contributed by atoms with van der Waals surface area (Å²) in [5.74, 6) is -5.56. The molecule has 14 N–H and O–H groups in total. The molecule has 0 spiro atoms. The van der Waals surface area contributed by atoms with Crippen LogP contribution in [0.1, 0.15) is 39.0 Å². The van der Waals surface area contributed by atoms with Crippen molar-refractivity contribution in [1.29, 1.82) is 0 Å². The number of nitrogens with one attached hydrogen (secondary N) is 3. The van der Waals surface area contributed by atoms with Gasteiger partial charge in [0.25, 0.3) is 0 Å². The Kier molecular flexibility index (Phi) is 13.2. The highest BCUT2D eigenvalue weighted by molar-refractivity contribution is 5.94. The number of aliphatic carboxylic acids is 1. The first kappa shape index (κ1) is 30.1. The lowest BCUT2D eigenvalue weighted by Crippen LogP contribution is -2.56. The minimum Gasteiger partial charge on any atom is -0.480 e. The molecule has 4 atom stereocenters. The highest BCUT2D eigenvalue weighted by Crippen LogP contribution is 2.03. The smallest absolute Gasteiger partial charge is 0.326 e. The number of carbonyl (C=O) groups excluding carboxylic acids is 5. The number of hydrogen-bond donors (Lipinski definition) is 9. The molecule has 0 aromatic carbocycles. The van der Waals surface area contributed by atoms with Gasteiger partial charge >= 0.3 is 5.97 Å². The first-order valence-corrected chi connectivity index (χ1v) is 10.3. The van der Waals surface area contributed by atoms with Gasteiger partial charge in [-0.2, -0.15) is 0 Å². The van der Waals surface area contributed by atoms with Gasteiger partial charge < -0.3 is 49.7 Å². The predicted molar refractivity (Wildman–Crippen MR) is 119 cm³/mol. The molecule has 0 heterocycles. The van der Waals surface area contributed by atoms with Crippen molar-refractivity contribution in [2.75, 3.05) is 6.54 Å². The summed E-state index contributed by atoms with van der Waals surface area (Å²) in [6.45, 7) is 1.43. The van der Waals surface area contributed by atoms with Gasteiger partial charge in [0.15, 0.2) is 5.96 Å². The molecule has 0 aromatic rings. The molecule has 16 nitrogen and oxygen atoms in total. The number of amides is 5. The number of nitrogens with two attached hydrogens (primary N) is 5. The van der Waals surface area contributed by atoms with Gasteiger partial charge in [0, 0.05) is 13.0 Å². The van der Waals surface area contributed by atoms with E-state index in [9.17, 15) is 33.9 Å². The van der Waals surface area contributed by atoms with Crippen LogP contribution in [0.5, 0.6) is 0 Å². The van der Waals surface area contributed by atoms with Crippen LogP contribution in [0.4, 0.5) is 0 Å². The molecule has 0 aromatic heterocycles. The third kappa shape index (κ3) is 12.8. The third-order valence-electron chi connectivity index (χ3n) is 4.38. The molecule has 0 saturated heterocycles. The number of guanidine groups is 1. The Labute approximate surface area is 195 Å². The molecule has 34 heavy (non-hydrogen) atoms. The summed E-state index contributed by atoms with van der Waals surface area (Å²) in [5.41, 5.74) is 26.1. The van der Waals surface area contributed by atoms with E-state index < -0.39 is 66.1 Å². The van der Waals surface area contributed by atoms with E-state index in [1.165, 1.54) is 6.92 Å². The van der Waals surface area contributed by atoms with E-state index in [2.05, 4.69) is 20.9 Å². The van der Waals surface area contributed by atoms with Crippen molar-refractivity contribution in [3.8, 4) is 0 Å². The third-order valence-corrected chi connectivity index (χ3v) is 4.38. The molecular formula is C18H33N9O7. The molecule has 5 amide bonds. The second kappa shape index (κ2) is 15.0. The lowest BCUT2D eigenvalue weighted by Gasteiger charge is -2.23. The Morgan fingerprint density at radius 3 is 1.91 bits per heavy atom. The van der Waals surface area contributed by atoms with E-state index in [0.717, 1.165) is 0 Å². The van der Waals surface area contributed by atoms with Gasteiger partial charge in [0.2, 0.25) is 29.5 Å². The van der Waals surface area contributed by atoms with Gasteiger partial charge in [-0.25, -0.2) is 4.79 Å². The topological polar surface area (TPSA) is 301 Å². The van der Waals surface area contributed by atoms with Crippen LogP contribution in [0.2, 0.25) is 0 Å². The van der Waals surface area contributed by atoms with Crippen LogP contribution in [0.15, 0.2) is 4.99 Å². The fourth-order valence-corrected chi connectivity index (χ4v) is 2.58. The SMILES string of the molecule is CC(NC(=O)C(CCCN=C(N)N)NC(=O)C(N)CC(N)=O)C(=O)NC(CCC(N)=O)C(=O)O. The molecule has 0 saturated carbocycles. The highest BCUT2D eigenvalue weighted by Gasteiger charge is 2.28. The normalized spacial score (nSPS) is 13.9. The van der Waals surface area contributed by atoms with Crippen molar-refractivity contribution in [3.05, 3.63) is 0 Å². The molecule has 16 heteroatoms. The monoisotopic (exact) mass is 487 g/mol. The number of carboxylic acid groups (broad SMARTS) is 1. The zero-order chi connectivity index (χ0) is 26.4. The van der Waals surface area contributed by atoms with Crippen LogP contribution in [0.25, 0.3) is 0 Å². The average molecular weight is 488 g/mol. The number of hydrogen-bond acceptors (Lipinski definition) is 8. The fourth-order valence-electron chi connectivity index (χ4n) is 2.58. The Hall–Kier alpha value is -3.95. The van der Waals surface area contributed by atoms with Gasteiger partial charge in [-0.05, 0) is 26.2 Å². The van der Waals surface area contributed by atoms with Crippen molar-refractivity contribution in [2.24, 2.45) is 33.7 Å². The summed E-state index contributed by atoms with van der Waals surface area (Å²) < 4.78 is 0. The van der Waals surface area contributed by atoms with Crippen molar-refractivity contribution in [3.63, 3.8) is 0 Å². The number of nitrogens with zero attached hydrogens (tertiary/aromatic N) is 1. The summed E-state index contributed by atoms with van der Waals surface area (Å²) in [7, 11) is 0. The molecular weight excluding hydrogens is 454 g/mol. The number of carbonyl (C=O) groups is 6. The van der Waals surface area contributed by atoms with Crippen molar-refractivity contribution >= 4 is 41.5 Å². The van der Waals surface area contributed by atoms with Crippen LogP contribution in [0.3, 0.4) is 0 Å². The van der Waals surface area contributed by atoms with Crippen LogP contribution in [-0.4, -0.2) is 77.3 Å². The Balaban J connectivity index is 5.21. The molecule has 0 bridgehead atoms. The second-order valence-electron chi connectivity index (χ2n) is 7.42. The lowest BCUT2D eigenvalue weighted by molar-refractivity contribution is -0.142. The van der Waals surface area contributed by atoms with E-state index in [-0.39, 0.29) is 38.2 Å². The van der Waals surface area contributed by atoms with Crippen molar-refractivity contribution in [1.82, 2.24) is 16.0 Å². The first-order chi connectivity index (χ1) is 15.7. The van der Waals surface area contributed by atoms with Gasteiger partial charge in [0.1, 0.15) is 18.1 Å². The number of aliphatic imine (C=N–C) groups is 1. The molecule has 0 aliphatic carbocycles. The molecule has 0 radical (unpaired) electrons. The van der Waals surface area contributed by atoms with Crippen molar-refractivity contribution in [2.45, 2.75) is 63.2 Å². The molecule has 4 unspecified atom stereocenters. The van der Waals surface area contributed by atoms with Gasteiger partial charge in [-0.15, -0.1) is 0 Å². The molecule has 0 aliphatic heterocycles. The van der Waals surface area contributed by atoms with Crippen LogP contribution < -0.4 is 44.6 Å². The highest BCUT2D eigenvalue weighted by atomic mass is 16.4. The quantitative estimate of drug-likeness (QED) is 0.0567. The van der Waals surface area contributed by atoms with Gasteiger partial charge in [-0.3, -0.25) is 29.0 Å². The summed E-state index contributed by atoms with van der Waals surface area (Å²) in [6.07, 6.45) is -0.654. The zero-order valence-electron chi connectivity index (χ0n) is 18.8. The summed E-state index contributed by atoms with van der Waals surface area (Å²) in [4.78, 5) is 74.2. The van der Waals surface area contributed by atoms with E-state index in [0.29, 0.717) is 0 Å². The van der Waals surface area contributed by atoms with E-state index in [1.54, 1.807) is 0 Å². The maximum absolute atomic E-state index is 12.7. The van der Waals surface area contributed by atoms with Gasteiger partial charge in [-0.1, -0.05) is 0 Å². The Morgan fingerprint density at radius 2 is 1.41 bits per heavy atom. The summed E-state index contributed by atoms with van der Waals surface area (Å²) >= 11 is 0. The molecule has 0 fully saturated rings. The number of primary amides is 2. The van der Waals surface area contributed by atoms with Crippen LogP contribution in [-0.2, 0) is 28.8 Å². The van der Waals surface area contributed by atoms with Gasteiger partial charge in [0.05, 0.1) is 12.5 Å². The maximum atomic E-state index is 12.7. The fraction of sp³-hybridized carbons (Fsp3) is 0.611. The second-order valence-corrected chi connectivity index (χ2v) is 7.42. The maximum Gasteiger partial charge on any atom is 0.326 e.